The van der Waals surface area contributed by atoms with Crippen LogP contribution in [0.1, 0.15) is 6.92 Å². The number of rotatable bonds is 3. The lowest BCUT2D eigenvalue weighted by Crippen LogP contribution is -1.97. The minimum Gasteiger partial charge on any atom is -0.338 e. The number of aromatic nitrogens is 5. The Hall–Kier alpha value is -2.44. The number of benzene rings is 2. The van der Waals surface area contributed by atoms with Crippen molar-refractivity contribution in [3.63, 3.8) is 0 Å². The van der Waals surface area contributed by atoms with Crippen LogP contribution in [-0.2, 0) is 6.54 Å². The Labute approximate surface area is 148 Å². The van der Waals surface area contributed by atoms with Crippen LogP contribution in [0.2, 0.25) is 5.02 Å². The predicted molar refractivity (Wildman–Crippen MR) is 98.6 cm³/mol. The number of nitrogens with zero attached hydrogens (tertiary/aromatic N) is 3. The molecule has 0 atom stereocenters. The van der Waals surface area contributed by atoms with Crippen LogP contribution in [0.3, 0.4) is 0 Å². The number of aromatic amines is 2. The van der Waals surface area contributed by atoms with E-state index < -0.39 is 0 Å². The molecule has 120 valence electrons. The van der Waals surface area contributed by atoms with Crippen molar-refractivity contribution in [2.45, 2.75) is 13.5 Å². The number of nitrogens with one attached hydrogen (secondary N) is 2. The van der Waals surface area contributed by atoms with Crippen molar-refractivity contribution in [1.82, 2.24) is 24.7 Å². The van der Waals surface area contributed by atoms with E-state index in [1.165, 1.54) is 0 Å². The van der Waals surface area contributed by atoms with Crippen LogP contribution in [0.15, 0.2) is 42.5 Å². The van der Waals surface area contributed by atoms with Gasteiger partial charge in [0.1, 0.15) is 5.82 Å². The minimum absolute atomic E-state index is 0.624. The Balaban J connectivity index is 1.81. The van der Waals surface area contributed by atoms with Gasteiger partial charge in [-0.1, -0.05) is 11.6 Å². The molecule has 0 saturated heterocycles. The smallest absolute Gasteiger partial charge is 0.195 e. The Bertz CT molecular complexity index is 1070. The van der Waals surface area contributed by atoms with Gasteiger partial charge in [0.05, 0.1) is 11.0 Å². The molecule has 4 aromatic rings. The molecule has 2 aromatic heterocycles. The molecule has 2 aromatic carbocycles. The minimum atomic E-state index is 0.624. The predicted octanol–water partition coefficient (Wildman–Crippen LogP) is 4.82. The van der Waals surface area contributed by atoms with Crippen molar-refractivity contribution in [2.24, 2.45) is 0 Å². The van der Waals surface area contributed by atoms with Crippen molar-refractivity contribution >= 4 is 34.9 Å². The van der Waals surface area contributed by atoms with Gasteiger partial charge in [-0.05, 0) is 61.6 Å². The number of H-pyrrole nitrogens is 2. The molecule has 0 aliphatic rings. The fourth-order valence-electron chi connectivity index (χ4n) is 2.72. The van der Waals surface area contributed by atoms with Crippen LogP contribution in [0.5, 0.6) is 0 Å². The molecule has 0 fully saturated rings. The van der Waals surface area contributed by atoms with Crippen molar-refractivity contribution in [1.29, 1.82) is 0 Å². The van der Waals surface area contributed by atoms with E-state index in [9.17, 15) is 0 Å². The molecular weight excluding hydrogens is 342 g/mol. The largest absolute Gasteiger partial charge is 0.338 e. The average Bonchev–Trinajstić information content (AvgIpc) is 3.17. The number of imidazole rings is 1. The summed E-state index contributed by atoms with van der Waals surface area (Å²) in [4.78, 5) is 8.00. The maximum Gasteiger partial charge on any atom is 0.195 e. The monoisotopic (exact) mass is 355 g/mol. The first-order chi connectivity index (χ1) is 11.7. The summed E-state index contributed by atoms with van der Waals surface area (Å²) in [6.07, 6.45) is 0. The van der Waals surface area contributed by atoms with Gasteiger partial charge in [-0.25, -0.2) is 4.98 Å². The summed E-state index contributed by atoms with van der Waals surface area (Å²) in [5, 5.41) is 7.89. The molecule has 0 bridgehead atoms. The maximum atomic E-state index is 5.95. The second-order valence-electron chi connectivity index (χ2n) is 5.42. The summed E-state index contributed by atoms with van der Waals surface area (Å²) in [5.74, 6) is 1.64. The molecule has 24 heavy (non-hydrogen) atoms. The van der Waals surface area contributed by atoms with Crippen molar-refractivity contribution in [3.05, 3.63) is 52.3 Å². The first kappa shape index (κ1) is 15.1. The summed E-state index contributed by atoms with van der Waals surface area (Å²) >= 11 is 11.2. The molecule has 0 unspecified atom stereocenters. The lowest BCUT2D eigenvalue weighted by molar-refractivity contribution is 0.756. The molecule has 0 aliphatic heterocycles. The summed E-state index contributed by atoms with van der Waals surface area (Å²) < 4.78 is 2.59. The lowest BCUT2D eigenvalue weighted by Gasteiger charge is -2.03. The second kappa shape index (κ2) is 5.89. The van der Waals surface area contributed by atoms with Crippen LogP contribution >= 0.6 is 23.8 Å². The first-order valence-corrected chi connectivity index (χ1v) is 8.35. The maximum absolute atomic E-state index is 5.95. The molecule has 5 nitrogen and oxygen atoms in total. The fourth-order valence-corrected chi connectivity index (χ4v) is 3.11. The third-order valence-corrected chi connectivity index (χ3v) is 4.50. The third-order valence-electron chi connectivity index (χ3n) is 3.93. The van der Waals surface area contributed by atoms with Crippen LogP contribution in [0.4, 0.5) is 0 Å². The first-order valence-electron chi connectivity index (χ1n) is 7.57. The van der Waals surface area contributed by atoms with Crippen LogP contribution in [0.25, 0.3) is 33.8 Å². The molecule has 0 aliphatic carbocycles. The zero-order valence-corrected chi connectivity index (χ0v) is 14.4. The zero-order chi connectivity index (χ0) is 16.7. The van der Waals surface area contributed by atoms with Crippen molar-refractivity contribution in [3.8, 4) is 22.8 Å². The summed E-state index contributed by atoms with van der Waals surface area (Å²) in [6.45, 7) is 2.81. The van der Waals surface area contributed by atoms with Crippen molar-refractivity contribution < 1.29 is 0 Å². The van der Waals surface area contributed by atoms with E-state index in [1.807, 2.05) is 54.0 Å². The topological polar surface area (TPSA) is 62.3 Å². The Morgan fingerprint density at radius 3 is 2.62 bits per heavy atom. The van der Waals surface area contributed by atoms with Crippen molar-refractivity contribution in [2.75, 3.05) is 0 Å². The van der Waals surface area contributed by atoms with Gasteiger partial charge in [0.15, 0.2) is 10.6 Å². The van der Waals surface area contributed by atoms with Gasteiger partial charge in [-0.3, -0.25) is 5.10 Å². The van der Waals surface area contributed by atoms with Gasteiger partial charge >= 0.3 is 0 Å². The van der Waals surface area contributed by atoms with E-state index in [1.54, 1.807) is 0 Å². The van der Waals surface area contributed by atoms with E-state index >= 15 is 0 Å². The normalized spacial score (nSPS) is 11.2. The highest BCUT2D eigenvalue weighted by Gasteiger charge is 2.11. The Kier molecular flexibility index (Phi) is 3.70. The quantitative estimate of drug-likeness (QED) is 0.518. The molecule has 7 heteroatoms. The highest BCUT2D eigenvalue weighted by molar-refractivity contribution is 7.71. The van der Waals surface area contributed by atoms with Crippen LogP contribution in [-0.4, -0.2) is 24.7 Å². The summed E-state index contributed by atoms with van der Waals surface area (Å²) in [5.41, 5.74) is 3.84. The summed E-state index contributed by atoms with van der Waals surface area (Å²) in [7, 11) is 0. The van der Waals surface area contributed by atoms with Gasteiger partial charge in [0.2, 0.25) is 0 Å². The van der Waals surface area contributed by atoms with E-state index in [0.29, 0.717) is 9.79 Å². The van der Waals surface area contributed by atoms with E-state index in [2.05, 4.69) is 20.2 Å². The van der Waals surface area contributed by atoms with Gasteiger partial charge in [-0.15, -0.1) is 0 Å². The van der Waals surface area contributed by atoms with E-state index in [0.717, 1.165) is 40.4 Å². The van der Waals surface area contributed by atoms with E-state index in [4.69, 9.17) is 23.8 Å². The average molecular weight is 356 g/mol. The number of halogens is 1. The highest BCUT2D eigenvalue weighted by Crippen LogP contribution is 2.26. The SMILES string of the molecule is CCn1c(-c2ccc3nc(-c4ccc(Cl)cc4)[nH]c3c2)n[nH]c1=S. The molecule has 0 saturated carbocycles. The molecule has 0 spiro atoms. The van der Waals surface area contributed by atoms with Crippen LogP contribution < -0.4 is 0 Å². The molecule has 4 rings (SSSR count). The highest BCUT2D eigenvalue weighted by atomic mass is 35.5. The molecular formula is C17H14ClN5S. The number of hydrogen-bond acceptors (Lipinski definition) is 3. The Morgan fingerprint density at radius 2 is 1.88 bits per heavy atom. The van der Waals surface area contributed by atoms with E-state index in [-0.39, 0.29) is 0 Å². The van der Waals surface area contributed by atoms with Gasteiger partial charge in [-0.2, -0.15) is 5.10 Å². The third kappa shape index (κ3) is 2.53. The summed E-state index contributed by atoms with van der Waals surface area (Å²) in [6, 6.07) is 13.6. The standard InChI is InChI=1S/C17H14ClN5S/c1-2-23-16(21-22-17(23)24)11-5-8-13-14(9-11)20-15(19-13)10-3-6-12(18)7-4-10/h3-9H,2H2,1H3,(H,19,20)(H,22,24). The second-order valence-corrected chi connectivity index (χ2v) is 6.24. The Morgan fingerprint density at radius 1 is 1.12 bits per heavy atom. The van der Waals surface area contributed by atoms with Crippen LogP contribution in [0, 0.1) is 4.77 Å². The molecule has 0 radical (unpaired) electrons. The lowest BCUT2D eigenvalue weighted by atomic mass is 10.2. The zero-order valence-electron chi connectivity index (χ0n) is 12.9. The number of fused-ring (bicyclic) bond motifs is 1. The van der Waals surface area contributed by atoms with Gasteiger partial charge < -0.3 is 9.55 Å². The molecule has 0 amide bonds. The fraction of sp³-hybridized carbons (Fsp3) is 0.118. The molecule has 2 N–H and O–H groups in total. The van der Waals surface area contributed by atoms with Gasteiger partial charge in [0, 0.05) is 22.7 Å². The van der Waals surface area contributed by atoms with Gasteiger partial charge in [0.25, 0.3) is 0 Å². The number of hydrogen-bond donors (Lipinski definition) is 2. The molecule has 2 heterocycles.